The molecule has 0 aromatic rings. The summed E-state index contributed by atoms with van der Waals surface area (Å²) in [4.78, 5) is 10.0. The van der Waals surface area contributed by atoms with Crippen molar-refractivity contribution in [2.75, 3.05) is 0 Å². The first kappa shape index (κ1) is 16.2. The monoisotopic (exact) mass is 245 g/mol. The number of carbonyl (C=O) groups is 1. The van der Waals surface area contributed by atoms with Crippen LogP contribution in [-0.4, -0.2) is 29.8 Å². The second-order valence-corrected chi connectivity index (χ2v) is 5.73. The van der Waals surface area contributed by atoms with Crippen LogP contribution in [0.3, 0.4) is 0 Å². The molecule has 0 spiro atoms. The highest BCUT2D eigenvalue weighted by molar-refractivity contribution is 5.65. The Balaban J connectivity index is 0.000000304. The number of nitrogens with one attached hydrogen (secondary N) is 1. The molecule has 1 heterocycles. The van der Waals surface area contributed by atoms with E-state index in [0.29, 0.717) is 18.1 Å². The number of carbonyl (C=O) groups excluding carboxylic acids is 1. The molecule has 2 unspecified atom stereocenters. The Morgan fingerprint density at radius 1 is 1.24 bits per heavy atom. The second-order valence-electron chi connectivity index (χ2n) is 5.73. The molecule has 0 bridgehead atoms. The fraction of sp³-hybridized carbons (Fsp3) is 0.917. The number of ether oxygens (including phenoxy) is 1. The number of rotatable bonds is 0. The van der Waals surface area contributed by atoms with Gasteiger partial charge in [-0.15, -0.1) is 0 Å². The predicted octanol–water partition coefficient (Wildman–Crippen LogP) is 1.35. The van der Waals surface area contributed by atoms with Crippen molar-refractivity contribution in [3.05, 3.63) is 0 Å². The van der Waals surface area contributed by atoms with Crippen molar-refractivity contribution in [1.29, 1.82) is 0 Å². The normalized spacial score (nSPS) is 28.9. The zero-order chi connectivity index (χ0) is 13.6. The van der Waals surface area contributed by atoms with Gasteiger partial charge >= 0.3 is 6.09 Å². The summed E-state index contributed by atoms with van der Waals surface area (Å²) >= 11 is 0. The van der Waals surface area contributed by atoms with Crippen molar-refractivity contribution >= 4 is 6.09 Å². The van der Waals surface area contributed by atoms with Crippen LogP contribution < -0.4 is 16.8 Å². The van der Waals surface area contributed by atoms with Gasteiger partial charge in [0.15, 0.2) is 0 Å². The summed E-state index contributed by atoms with van der Waals surface area (Å²) in [6.45, 7) is 9.66. The fourth-order valence-electron chi connectivity index (χ4n) is 1.93. The molecule has 5 heteroatoms. The molecule has 1 fully saturated rings. The van der Waals surface area contributed by atoms with Gasteiger partial charge in [-0.25, -0.2) is 4.79 Å². The van der Waals surface area contributed by atoms with E-state index in [1.165, 1.54) is 0 Å². The third-order valence-electron chi connectivity index (χ3n) is 2.29. The van der Waals surface area contributed by atoms with Crippen LogP contribution in [0.15, 0.2) is 0 Å². The zero-order valence-corrected chi connectivity index (χ0v) is 11.6. The molecule has 102 valence electrons. The van der Waals surface area contributed by atoms with E-state index in [1.54, 1.807) is 20.8 Å². The van der Waals surface area contributed by atoms with Gasteiger partial charge in [0.1, 0.15) is 5.60 Å². The number of primary amides is 1. The molecule has 0 aromatic heterocycles. The minimum Gasteiger partial charge on any atom is -0.444 e. The molecule has 1 aliphatic heterocycles. The molecule has 0 aromatic carbocycles. The van der Waals surface area contributed by atoms with E-state index in [0.717, 1.165) is 12.8 Å². The minimum atomic E-state index is -0.725. The lowest BCUT2D eigenvalue weighted by Gasteiger charge is -2.30. The Hall–Kier alpha value is -0.810. The van der Waals surface area contributed by atoms with E-state index in [4.69, 9.17) is 11.5 Å². The number of amides is 1. The Morgan fingerprint density at radius 3 is 1.82 bits per heavy atom. The number of hydrogen-bond acceptors (Lipinski definition) is 4. The molecular weight excluding hydrogens is 218 g/mol. The van der Waals surface area contributed by atoms with Crippen LogP contribution in [0, 0.1) is 0 Å². The maximum absolute atomic E-state index is 10.0. The maximum Gasteiger partial charge on any atom is 0.405 e. The smallest absolute Gasteiger partial charge is 0.405 e. The largest absolute Gasteiger partial charge is 0.444 e. The minimum absolute atomic E-state index is 0.427. The van der Waals surface area contributed by atoms with Gasteiger partial charge in [-0.3, -0.25) is 0 Å². The number of piperidine rings is 1. The highest BCUT2D eigenvalue weighted by atomic mass is 16.6. The van der Waals surface area contributed by atoms with Gasteiger partial charge < -0.3 is 21.5 Å². The van der Waals surface area contributed by atoms with E-state index < -0.39 is 11.7 Å². The molecule has 2 atom stereocenters. The molecule has 5 N–H and O–H groups in total. The number of nitrogens with two attached hydrogens (primary N) is 2. The van der Waals surface area contributed by atoms with E-state index >= 15 is 0 Å². The maximum atomic E-state index is 10.0. The van der Waals surface area contributed by atoms with E-state index in [2.05, 4.69) is 23.9 Å². The molecule has 1 aliphatic rings. The molecule has 1 rings (SSSR count). The van der Waals surface area contributed by atoms with E-state index in [9.17, 15) is 4.79 Å². The summed E-state index contributed by atoms with van der Waals surface area (Å²) in [6, 6.07) is 1.66. The average molecular weight is 245 g/mol. The van der Waals surface area contributed by atoms with Crippen molar-refractivity contribution < 1.29 is 9.53 Å². The molecule has 17 heavy (non-hydrogen) atoms. The van der Waals surface area contributed by atoms with Crippen molar-refractivity contribution in [2.24, 2.45) is 11.5 Å². The lowest BCUT2D eigenvalue weighted by molar-refractivity contribution is 0.0600. The SMILES string of the molecule is CC(C)(C)OC(N)=O.CC1CC(N)CC(C)N1. The lowest BCUT2D eigenvalue weighted by Crippen LogP contribution is -2.47. The van der Waals surface area contributed by atoms with Crippen LogP contribution in [0.1, 0.15) is 47.5 Å². The zero-order valence-electron chi connectivity index (χ0n) is 11.6. The average Bonchev–Trinajstić information content (AvgIpc) is 1.95. The summed E-state index contributed by atoms with van der Waals surface area (Å²) in [5.74, 6) is 0. The van der Waals surface area contributed by atoms with Crippen molar-refractivity contribution in [2.45, 2.75) is 71.2 Å². The molecule has 0 aliphatic carbocycles. The van der Waals surface area contributed by atoms with Crippen LogP contribution in [0.4, 0.5) is 4.79 Å². The molecule has 0 radical (unpaired) electrons. The van der Waals surface area contributed by atoms with Crippen LogP contribution in [0.5, 0.6) is 0 Å². The Morgan fingerprint density at radius 2 is 1.65 bits per heavy atom. The molecule has 1 amide bonds. The van der Waals surface area contributed by atoms with Crippen LogP contribution in [0.2, 0.25) is 0 Å². The second kappa shape index (κ2) is 6.81. The van der Waals surface area contributed by atoms with Gasteiger partial charge in [0.2, 0.25) is 0 Å². The van der Waals surface area contributed by atoms with Crippen LogP contribution >= 0.6 is 0 Å². The summed E-state index contributed by atoms with van der Waals surface area (Å²) < 4.78 is 4.58. The van der Waals surface area contributed by atoms with Gasteiger partial charge in [-0.05, 0) is 47.5 Å². The van der Waals surface area contributed by atoms with Gasteiger partial charge in [0, 0.05) is 18.1 Å². The highest BCUT2D eigenvalue weighted by Gasteiger charge is 2.19. The van der Waals surface area contributed by atoms with Crippen molar-refractivity contribution in [3.8, 4) is 0 Å². The topological polar surface area (TPSA) is 90.4 Å². The fourth-order valence-corrected chi connectivity index (χ4v) is 1.93. The summed E-state index contributed by atoms with van der Waals surface area (Å²) in [5.41, 5.74) is 10.0. The van der Waals surface area contributed by atoms with Crippen LogP contribution in [0.25, 0.3) is 0 Å². The van der Waals surface area contributed by atoms with E-state index in [1.807, 2.05) is 0 Å². The van der Waals surface area contributed by atoms with Gasteiger partial charge in [0.25, 0.3) is 0 Å². The van der Waals surface area contributed by atoms with Crippen LogP contribution in [-0.2, 0) is 4.74 Å². The molecule has 0 saturated carbocycles. The Bertz CT molecular complexity index is 213. The first-order chi connectivity index (χ1) is 7.60. The highest BCUT2D eigenvalue weighted by Crippen LogP contribution is 2.10. The molecule has 5 nitrogen and oxygen atoms in total. The van der Waals surface area contributed by atoms with Crippen molar-refractivity contribution in [3.63, 3.8) is 0 Å². The first-order valence-corrected chi connectivity index (χ1v) is 6.10. The third kappa shape index (κ3) is 10.1. The van der Waals surface area contributed by atoms with Gasteiger partial charge in [0.05, 0.1) is 0 Å². The lowest BCUT2D eigenvalue weighted by atomic mass is 9.96. The molecule has 1 saturated heterocycles. The van der Waals surface area contributed by atoms with Gasteiger partial charge in [-0.2, -0.15) is 0 Å². The Labute approximate surface area is 104 Å². The van der Waals surface area contributed by atoms with E-state index in [-0.39, 0.29) is 0 Å². The standard InChI is InChI=1S/C7H16N2.C5H11NO2/c1-5-3-7(8)4-6(2)9-5;1-5(2,3)8-4(6)7/h5-7,9H,3-4,8H2,1-2H3;1-3H3,(H2,6,7). The summed E-state index contributed by atoms with van der Waals surface area (Å²) in [7, 11) is 0. The predicted molar refractivity (Wildman–Crippen MR) is 69.7 cm³/mol. The summed E-state index contributed by atoms with van der Waals surface area (Å²) in [6.07, 6.45) is 1.53. The van der Waals surface area contributed by atoms with Gasteiger partial charge in [-0.1, -0.05) is 0 Å². The summed E-state index contributed by atoms with van der Waals surface area (Å²) in [5, 5.41) is 3.43. The number of hydrogen-bond donors (Lipinski definition) is 3. The van der Waals surface area contributed by atoms with Crippen molar-refractivity contribution in [1.82, 2.24) is 5.32 Å². The molecular formula is C12H27N3O2. The third-order valence-corrected chi connectivity index (χ3v) is 2.29. The first-order valence-electron chi connectivity index (χ1n) is 6.10. The Kier molecular flexibility index (Phi) is 6.49. The quantitative estimate of drug-likeness (QED) is 0.601.